The predicted molar refractivity (Wildman–Crippen MR) is 57.7 cm³/mol. The Morgan fingerprint density at radius 1 is 1.53 bits per heavy atom. The van der Waals surface area contributed by atoms with Gasteiger partial charge >= 0.3 is 5.97 Å². The van der Waals surface area contributed by atoms with Crippen LogP contribution in [0.15, 0.2) is 12.4 Å². The fourth-order valence-corrected chi connectivity index (χ4v) is 1.62. The van der Waals surface area contributed by atoms with Gasteiger partial charge in [0.1, 0.15) is 11.7 Å². The number of nitrogens with one attached hydrogen (secondary N) is 1. The molecule has 1 aromatic rings. The second kappa shape index (κ2) is 6.22. The van der Waals surface area contributed by atoms with E-state index in [2.05, 4.69) is 16.9 Å². The van der Waals surface area contributed by atoms with Crippen LogP contribution < -0.4 is 0 Å². The molecule has 2 N–H and O–H groups in total. The van der Waals surface area contributed by atoms with Crippen molar-refractivity contribution in [1.29, 1.82) is 0 Å². The van der Waals surface area contributed by atoms with Gasteiger partial charge in [-0.15, -0.1) is 0 Å². The lowest BCUT2D eigenvalue weighted by molar-refractivity contribution is -0.139. The van der Waals surface area contributed by atoms with Crippen LogP contribution in [0.3, 0.4) is 0 Å². The lowest BCUT2D eigenvalue weighted by atomic mass is 10.0. The zero-order valence-corrected chi connectivity index (χ0v) is 9.07. The highest BCUT2D eigenvalue weighted by molar-refractivity contribution is 5.74. The minimum absolute atomic E-state index is 0.475. The van der Waals surface area contributed by atoms with Gasteiger partial charge in [0.05, 0.1) is 0 Å². The molecule has 0 amide bonds. The smallest absolute Gasteiger partial charge is 0.314 e. The van der Waals surface area contributed by atoms with Crippen LogP contribution in [0, 0.1) is 0 Å². The number of unbranched alkanes of at least 4 members (excludes halogenated alkanes) is 3. The van der Waals surface area contributed by atoms with Crippen LogP contribution >= 0.6 is 0 Å². The largest absolute Gasteiger partial charge is 0.481 e. The van der Waals surface area contributed by atoms with Crippen molar-refractivity contribution >= 4 is 5.97 Å². The number of hydrogen-bond acceptors (Lipinski definition) is 2. The van der Waals surface area contributed by atoms with Crippen molar-refractivity contribution in [3.63, 3.8) is 0 Å². The first-order valence-corrected chi connectivity index (χ1v) is 5.47. The second-order valence-corrected chi connectivity index (χ2v) is 3.71. The van der Waals surface area contributed by atoms with Crippen LogP contribution in [0.25, 0.3) is 0 Å². The summed E-state index contributed by atoms with van der Waals surface area (Å²) in [6, 6.07) is 0. The lowest BCUT2D eigenvalue weighted by Crippen LogP contribution is -2.13. The molecule has 0 aliphatic carbocycles. The highest BCUT2D eigenvalue weighted by Crippen LogP contribution is 2.19. The summed E-state index contributed by atoms with van der Waals surface area (Å²) in [4.78, 5) is 17.9. The maximum Gasteiger partial charge on any atom is 0.314 e. The summed E-state index contributed by atoms with van der Waals surface area (Å²) in [7, 11) is 0. The standard InChI is InChI=1S/C11H18N2O2/c1-2-3-4-5-6-9(11(14)15)10-12-7-8-13-10/h7-9H,2-6H2,1H3,(H,12,13)(H,14,15). The van der Waals surface area contributed by atoms with Crippen molar-refractivity contribution in [3.05, 3.63) is 18.2 Å². The Morgan fingerprint density at radius 3 is 2.87 bits per heavy atom. The normalized spacial score (nSPS) is 12.6. The fraction of sp³-hybridized carbons (Fsp3) is 0.636. The molecule has 0 bridgehead atoms. The van der Waals surface area contributed by atoms with E-state index in [1.165, 1.54) is 12.8 Å². The third kappa shape index (κ3) is 3.73. The molecule has 1 rings (SSSR count). The van der Waals surface area contributed by atoms with Gasteiger partial charge in [-0.25, -0.2) is 4.98 Å². The Balaban J connectivity index is 2.42. The van der Waals surface area contributed by atoms with Gasteiger partial charge in [-0.1, -0.05) is 32.6 Å². The van der Waals surface area contributed by atoms with Crippen LogP contribution in [-0.2, 0) is 4.79 Å². The Kier molecular flexibility index (Phi) is 4.87. The SMILES string of the molecule is CCCCCCC(C(=O)O)c1ncc[nH]1. The molecule has 0 radical (unpaired) electrons. The van der Waals surface area contributed by atoms with E-state index < -0.39 is 11.9 Å². The van der Waals surface area contributed by atoms with Crippen molar-refractivity contribution in [1.82, 2.24) is 9.97 Å². The number of rotatable bonds is 7. The van der Waals surface area contributed by atoms with E-state index in [0.717, 1.165) is 12.8 Å². The Bertz CT molecular complexity index is 283. The Labute approximate surface area is 89.7 Å². The monoisotopic (exact) mass is 210 g/mol. The van der Waals surface area contributed by atoms with Gasteiger partial charge in [0, 0.05) is 12.4 Å². The zero-order chi connectivity index (χ0) is 11.1. The third-order valence-corrected chi connectivity index (χ3v) is 2.49. The van der Waals surface area contributed by atoms with E-state index in [9.17, 15) is 4.79 Å². The average molecular weight is 210 g/mol. The maximum absolute atomic E-state index is 11.0. The molecule has 15 heavy (non-hydrogen) atoms. The van der Waals surface area contributed by atoms with Gasteiger partial charge in [-0.2, -0.15) is 0 Å². The fourth-order valence-electron chi connectivity index (χ4n) is 1.62. The first-order chi connectivity index (χ1) is 7.25. The molecule has 0 saturated carbocycles. The molecule has 0 aromatic carbocycles. The minimum atomic E-state index is -0.790. The van der Waals surface area contributed by atoms with Crippen molar-refractivity contribution < 1.29 is 9.90 Å². The van der Waals surface area contributed by atoms with Gasteiger partial charge in [0.25, 0.3) is 0 Å². The van der Waals surface area contributed by atoms with E-state index >= 15 is 0 Å². The van der Waals surface area contributed by atoms with Crippen LogP contribution in [-0.4, -0.2) is 21.0 Å². The average Bonchev–Trinajstić information content (AvgIpc) is 2.70. The number of aromatic nitrogens is 2. The Hall–Kier alpha value is -1.32. The van der Waals surface area contributed by atoms with Crippen molar-refractivity contribution in [2.45, 2.75) is 44.9 Å². The van der Waals surface area contributed by atoms with Crippen LogP contribution in [0.2, 0.25) is 0 Å². The summed E-state index contributed by atoms with van der Waals surface area (Å²) >= 11 is 0. The molecule has 1 aromatic heterocycles. The van der Waals surface area contributed by atoms with Gasteiger partial charge < -0.3 is 10.1 Å². The van der Waals surface area contributed by atoms with Gasteiger partial charge in [0.2, 0.25) is 0 Å². The summed E-state index contributed by atoms with van der Waals surface area (Å²) < 4.78 is 0. The van der Waals surface area contributed by atoms with E-state index in [1.807, 2.05) is 0 Å². The number of hydrogen-bond donors (Lipinski definition) is 2. The first-order valence-electron chi connectivity index (χ1n) is 5.47. The zero-order valence-electron chi connectivity index (χ0n) is 9.07. The van der Waals surface area contributed by atoms with E-state index in [-0.39, 0.29) is 0 Å². The third-order valence-electron chi connectivity index (χ3n) is 2.49. The molecule has 1 unspecified atom stereocenters. The van der Waals surface area contributed by atoms with Crippen LogP contribution in [0.1, 0.15) is 50.8 Å². The summed E-state index contributed by atoms with van der Waals surface area (Å²) in [5.41, 5.74) is 0. The molecule has 0 spiro atoms. The first kappa shape index (κ1) is 11.8. The van der Waals surface area contributed by atoms with Crippen LogP contribution in [0.4, 0.5) is 0 Å². The number of carboxylic acids is 1. The van der Waals surface area contributed by atoms with Gasteiger partial charge in [-0.05, 0) is 6.42 Å². The van der Waals surface area contributed by atoms with Gasteiger partial charge in [0.15, 0.2) is 0 Å². The maximum atomic E-state index is 11.0. The van der Waals surface area contributed by atoms with Gasteiger partial charge in [-0.3, -0.25) is 4.79 Å². The molecule has 0 saturated heterocycles. The highest BCUT2D eigenvalue weighted by Gasteiger charge is 2.21. The van der Waals surface area contributed by atoms with Crippen molar-refractivity contribution in [3.8, 4) is 0 Å². The summed E-state index contributed by atoms with van der Waals surface area (Å²) in [6.45, 7) is 2.14. The lowest BCUT2D eigenvalue weighted by Gasteiger charge is -2.08. The van der Waals surface area contributed by atoms with Crippen LogP contribution in [0.5, 0.6) is 0 Å². The number of carboxylic acid groups (broad SMARTS) is 1. The topological polar surface area (TPSA) is 66.0 Å². The van der Waals surface area contributed by atoms with E-state index in [0.29, 0.717) is 12.2 Å². The number of nitrogens with zero attached hydrogens (tertiary/aromatic N) is 1. The number of aromatic amines is 1. The molecule has 1 atom stereocenters. The molecule has 0 aliphatic rings. The number of carbonyl (C=O) groups is 1. The number of aliphatic carboxylic acids is 1. The molecular weight excluding hydrogens is 192 g/mol. The van der Waals surface area contributed by atoms with E-state index in [1.54, 1.807) is 12.4 Å². The van der Waals surface area contributed by atoms with Crippen molar-refractivity contribution in [2.75, 3.05) is 0 Å². The molecule has 4 nitrogen and oxygen atoms in total. The minimum Gasteiger partial charge on any atom is -0.481 e. The molecule has 0 fully saturated rings. The molecule has 4 heteroatoms. The summed E-state index contributed by atoms with van der Waals surface area (Å²) in [5.74, 6) is -0.697. The molecule has 84 valence electrons. The molecule has 1 heterocycles. The predicted octanol–water partition coefficient (Wildman–Crippen LogP) is 2.55. The molecule has 0 aliphatic heterocycles. The number of imidazole rings is 1. The number of H-pyrrole nitrogens is 1. The summed E-state index contributed by atoms with van der Waals surface area (Å²) in [6.07, 6.45) is 8.31. The quantitative estimate of drug-likeness (QED) is 0.680. The Morgan fingerprint density at radius 2 is 2.33 bits per heavy atom. The molecular formula is C11H18N2O2. The highest BCUT2D eigenvalue weighted by atomic mass is 16.4. The van der Waals surface area contributed by atoms with E-state index in [4.69, 9.17) is 5.11 Å². The summed E-state index contributed by atoms with van der Waals surface area (Å²) in [5, 5.41) is 9.04. The second-order valence-electron chi connectivity index (χ2n) is 3.71. The van der Waals surface area contributed by atoms with Crippen molar-refractivity contribution in [2.24, 2.45) is 0 Å².